The summed E-state index contributed by atoms with van der Waals surface area (Å²) in [5, 5.41) is 17.4. The van der Waals surface area contributed by atoms with Gasteiger partial charge in [-0.25, -0.2) is 4.98 Å². The summed E-state index contributed by atoms with van der Waals surface area (Å²) in [6.45, 7) is 2.79. The van der Waals surface area contributed by atoms with Gasteiger partial charge >= 0.3 is 6.18 Å². The molecule has 0 radical (unpaired) electrons. The molecule has 0 bridgehead atoms. The van der Waals surface area contributed by atoms with E-state index in [1.165, 1.54) is 0 Å². The standard InChI is InChI=1S/C17H15F3N6O2/c1-9(10-4-11(17(18,19)20)6-12(5-10)26(27)28)23-15-13-7-21-8-14(13)25-3-2-22-16(25)24-15/h2-6,9,21H,7-8H2,1H3,(H,22,23,24)/t9-/m1/s1. The summed E-state index contributed by atoms with van der Waals surface area (Å²) >= 11 is 0. The zero-order chi connectivity index (χ0) is 20.1. The lowest BCUT2D eigenvalue weighted by Gasteiger charge is -2.19. The first-order valence-electron chi connectivity index (χ1n) is 8.42. The molecule has 2 aromatic heterocycles. The molecule has 4 rings (SSSR count). The van der Waals surface area contributed by atoms with E-state index in [9.17, 15) is 23.3 Å². The van der Waals surface area contributed by atoms with E-state index in [-0.39, 0.29) is 5.56 Å². The second-order valence-electron chi connectivity index (χ2n) is 6.52. The second-order valence-corrected chi connectivity index (χ2v) is 6.52. The quantitative estimate of drug-likeness (QED) is 0.522. The molecular formula is C17H15F3N6O2. The number of nitro benzene ring substituents is 1. The maximum absolute atomic E-state index is 13.1. The fraction of sp³-hybridized carbons (Fsp3) is 0.294. The Labute approximate surface area is 156 Å². The first-order chi connectivity index (χ1) is 13.2. The highest BCUT2D eigenvalue weighted by molar-refractivity contribution is 5.55. The van der Waals surface area contributed by atoms with Crippen molar-refractivity contribution in [2.24, 2.45) is 0 Å². The van der Waals surface area contributed by atoms with E-state index >= 15 is 0 Å². The number of hydrogen-bond acceptors (Lipinski definition) is 6. The Balaban J connectivity index is 1.73. The average molecular weight is 392 g/mol. The van der Waals surface area contributed by atoms with Crippen molar-refractivity contribution in [2.75, 3.05) is 5.32 Å². The fourth-order valence-electron chi connectivity index (χ4n) is 3.28. The highest BCUT2D eigenvalue weighted by atomic mass is 19.4. The van der Waals surface area contributed by atoms with E-state index in [4.69, 9.17) is 0 Å². The Morgan fingerprint density at radius 2 is 2.11 bits per heavy atom. The minimum Gasteiger partial charge on any atom is -0.363 e. The Hall–Kier alpha value is -3.21. The van der Waals surface area contributed by atoms with Crippen LogP contribution in [0.15, 0.2) is 30.6 Å². The largest absolute Gasteiger partial charge is 0.416 e. The van der Waals surface area contributed by atoms with Crippen molar-refractivity contribution in [3.05, 3.63) is 63.1 Å². The number of nitrogens with zero attached hydrogens (tertiary/aromatic N) is 4. The van der Waals surface area contributed by atoms with Crippen molar-refractivity contribution in [2.45, 2.75) is 32.2 Å². The van der Waals surface area contributed by atoms with Crippen LogP contribution in [0.1, 0.15) is 35.3 Å². The molecule has 1 aliphatic rings. The SMILES string of the molecule is C[C@@H](Nc1nc2nccn2c2c1CNC2)c1cc([N+](=O)[O-])cc(C(F)(F)F)c1. The summed E-state index contributed by atoms with van der Waals surface area (Å²) in [5.41, 5.74) is 0.327. The molecule has 0 unspecified atom stereocenters. The molecule has 0 amide bonds. The zero-order valence-electron chi connectivity index (χ0n) is 14.6. The normalized spacial score (nSPS) is 14.9. The number of rotatable bonds is 4. The van der Waals surface area contributed by atoms with E-state index in [1.54, 1.807) is 19.3 Å². The van der Waals surface area contributed by atoms with Crippen molar-refractivity contribution in [3.8, 4) is 0 Å². The van der Waals surface area contributed by atoms with E-state index in [0.29, 0.717) is 30.8 Å². The highest BCUT2D eigenvalue weighted by Crippen LogP contribution is 2.35. The Bertz CT molecular complexity index is 1080. The van der Waals surface area contributed by atoms with Gasteiger partial charge in [0.1, 0.15) is 5.82 Å². The summed E-state index contributed by atoms with van der Waals surface area (Å²) in [5.74, 6) is 0.957. The topological polar surface area (TPSA) is 97.4 Å². The number of nitro groups is 1. The van der Waals surface area contributed by atoms with Gasteiger partial charge in [0.25, 0.3) is 5.69 Å². The molecule has 8 nitrogen and oxygen atoms in total. The van der Waals surface area contributed by atoms with E-state index in [1.807, 2.05) is 4.40 Å². The van der Waals surface area contributed by atoms with Crippen LogP contribution in [0.25, 0.3) is 5.78 Å². The molecule has 0 saturated heterocycles. The predicted molar refractivity (Wildman–Crippen MR) is 93.7 cm³/mol. The van der Waals surface area contributed by atoms with Crippen LogP contribution in [0.3, 0.4) is 0 Å². The number of alkyl halides is 3. The number of hydrogen-bond donors (Lipinski definition) is 2. The van der Waals surface area contributed by atoms with E-state index < -0.39 is 28.4 Å². The van der Waals surface area contributed by atoms with Crippen LogP contribution >= 0.6 is 0 Å². The number of anilines is 1. The van der Waals surface area contributed by atoms with Crippen molar-refractivity contribution in [1.29, 1.82) is 0 Å². The van der Waals surface area contributed by atoms with E-state index in [2.05, 4.69) is 20.6 Å². The lowest BCUT2D eigenvalue weighted by atomic mass is 10.0. The van der Waals surface area contributed by atoms with Crippen LogP contribution in [0.2, 0.25) is 0 Å². The first-order valence-corrected chi connectivity index (χ1v) is 8.42. The molecule has 11 heteroatoms. The van der Waals surface area contributed by atoms with E-state index in [0.717, 1.165) is 23.4 Å². The minimum atomic E-state index is -4.68. The molecule has 0 saturated carbocycles. The van der Waals surface area contributed by atoms with Crippen LogP contribution < -0.4 is 10.6 Å². The van der Waals surface area contributed by atoms with Gasteiger partial charge in [-0.1, -0.05) is 0 Å². The van der Waals surface area contributed by atoms with Gasteiger partial charge in [0.2, 0.25) is 5.78 Å². The summed E-state index contributed by atoms with van der Waals surface area (Å²) in [6.07, 6.45) is -1.28. The highest BCUT2D eigenvalue weighted by Gasteiger charge is 2.33. The number of non-ortho nitro benzene ring substituents is 1. The van der Waals surface area contributed by atoms with Gasteiger partial charge in [-0.3, -0.25) is 14.5 Å². The summed E-state index contributed by atoms with van der Waals surface area (Å²) in [6, 6.07) is 1.94. The lowest BCUT2D eigenvalue weighted by Crippen LogP contribution is -2.14. The van der Waals surface area contributed by atoms with Gasteiger partial charge in [-0.05, 0) is 18.6 Å². The molecule has 0 fully saturated rings. The van der Waals surface area contributed by atoms with Crippen LogP contribution in [-0.4, -0.2) is 19.3 Å². The van der Waals surface area contributed by atoms with Crippen molar-refractivity contribution in [3.63, 3.8) is 0 Å². The molecule has 3 aromatic rings. The van der Waals surface area contributed by atoms with Gasteiger partial charge in [0, 0.05) is 48.9 Å². The summed E-state index contributed by atoms with van der Waals surface area (Å²) in [7, 11) is 0. The molecule has 2 N–H and O–H groups in total. The number of imidazole rings is 1. The van der Waals surface area contributed by atoms with Crippen LogP contribution in [0, 0.1) is 10.1 Å². The van der Waals surface area contributed by atoms with Crippen LogP contribution in [-0.2, 0) is 19.3 Å². The third-order valence-corrected chi connectivity index (χ3v) is 4.68. The van der Waals surface area contributed by atoms with Crippen molar-refractivity contribution < 1.29 is 18.1 Å². The monoisotopic (exact) mass is 392 g/mol. The predicted octanol–water partition coefficient (Wildman–Crippen LogP) is 3.43. The number of aromatic nitrogens is 3. The smallest absolute Gasteiger partial charge is 0.363 e. The molecule has 3 heterocycles. The fourth-order valence-corrected chi connectivity index (χ4v) is 3.28. The number of fused-ring (bicyclic) bond motifs is 3. The number of benzene rings is 1. The second kappa shape index (κ2) is 6.44. The molecule has 1 aliphatic heterocycles. The minimum absolute atomic E-state index is 0.145. The summed E-state index contributed by atoms with van der Waals surface area (Å²) < 4.78 is 41.3. The molecule has 0 aliphatic carbocycles. The van der Waals surface area contributed by atoms with Gasteiger partial charge in [0.15, 0.2) is 0 Å². The van der Waals surface area contributed by atoms with Crippen LogP contribution in [0.5, 0.6) is 0 Å². The Morgan fingerprint density at radius 1 is 1.32 bits per heavy atom. The molecule has 146 valence electrons. The maximum Gasteiger partial charge on any atom is 0.416 e. The zero-order valence-corrected chi connectivity index (χ0v) is 14.6. The Morgan fingerprint density at radius 3 is 2.82 bits per heavy atom. The van der Waals surface area contributed by atoms with Gasteiger partial charge in [0.05, 0.1) is 16.5 Å². The van der Waals surface area contributed by atoms with Crippen molar-refractivity contribution >= 4 is 17.3 Å². The molecular weight excluding hydrogens is 377 g/mol. The number of halogens is 3. The molecule has 1 aromatic carbocycles. The summed E-state index contributed by atoms with van der Waals surface area (Å²) in [4.78, 5) is 18.9. The van der Waals surface area contributed by atoms with Crippen LogP contribution in [0.4, 0.5) is 24.7 Å². The number of nitrogens with one attached hydrogen (secondary N) is 2. The molecule has 28 heavy (non-hydrogen) atoms. The third-order valence-electron chi connectivity index (χ3n) is 4.68. The average Bonchev–Trinajstić information content (AvgIpc) is 3.29. The van der Waals surface area contributed by atoms with Crippen molar-refractivity contribution in [1.82, 2.24) is 19.7 Å². The lowest BCUT2D eigenvalue weighted by molar-refractivity contribution is -0.385. The van der Waals surface area contributed by atoms with Gasteiger partial charge < -0.3 is 10.6 Å². The maximum atomic E-state index is 13.1. The Kier molecular flexibility index (Phi) is 4.18. The molecule has 0 spiro atoms. The van der Waals surface area contributed by atoms with Gasteiger partial charge in [-0.15, -0.1) is 0 Å². The third kappa shape index (κ3) is 3.13. The molecule has 1 atom stereocenters. The van der Waals surface area contributed by atoms with Gasteiger partial charge in [-0.2, -0.15) is 18.2 Å². The first kappa shape index (κ1) is 18.2.